The summed E-state index contributed by atoms with van der Waals surface area (Å²) in [6.07, 6.45) is -1.12. The summed E-state index contributed by atoms with van der Waals surface area (Å²) in [4.78, 5) is 12.2. The fourth-order valence-corrected chi connectivity index (χ4v) is 2.95. The van der Waals surface area contributed by atoms with Gasteiger partial charge in [-0.15, -0.1) is 13.2 Å². The van der Waals surface area contributed by atoms with Gasteiger partial charge in [0, 0.05) is 12.7 Å². The fraction of sp³-hybridized carbons (Fsp3) is 0.458. The van der Waals surface area contributed by atoms with Crippen LogP contribution in [0.5, 0.6) is 17.2 Å². The molecule has 0 aromatic heterocycles. The number of benzene rings is 2. The van der Waals surface area contributed by atoms with E-state index in [1.807, 2.05) is 6.92 Å². The predicted octanol–water partition coefficient (Wildman–Crippen LogP) is 5.69. The van der Waals surface area contributed by atoms with Crippen LogP contribution < -0.4 is 14.2 Å². The minimum atomic E-state index is -5.03. The highest BCUT2D eigenvalue weighted by molar-refractivity contribution is 5.91. The van der Waals surface area contributed by atoms with Crippen LogP contribution in [-0.4, -0.2) is 44.4 Å². The largest absolute Gasteiger partial charge is 0.573 e. The van der Waals surface area contributed by atoms with Gasteiger partial charge >= 0.3 is 12.3 Å². The highest BCUT2D eigenvalue weighted by atomic mass is 19.4. The van der Waals surface area contributed by atoms with E-state index >= 15 is 0 Å². The Morgan fingerprint density at radius 3 is 2.26 bits per heavy atom. The number of carbonyl (C=O) groups is 1. The maximum atomic E-state index is 13.7. The van der Waals surface area contributed by atoms with Crippen LogP contribution in [0.4, 0.5) is 17.6 Å². The van der Waals surface area contributed by atoms with Crippen LogP contribution in [0.15, 0.2) is 42.5 Å². The van der Waals surface area contributed by atoms with Gasteiger partial charge in [-0.3, -0.25) is 0 Å². The molecule has 186 valence electrons. The van der Waals surface area contributed by atoms with Crippen molar-refractivity contribution in [2.24, 2.45) is 0 Å². The molecule has 3 rings (SSSR count). The normalized spacial score (nSPS) is 17.3. The lowest BCUT2D eigenvalue weighted by molar-refractivity contribution is -0.275. The Balaban J connectivity index is 1.33. The number of rotatable bonds is 13. The molecular formula is C24H26F4O6. The molecule has 1 atom stereocenters. The molecule has 1 aliphatic rings. The van der Waals surface area contributed by atoms with E-state index in [2.05, 4.69) is 4.74 Å². The van der Waals surface area contributed by atoms with Crippen molar-refractivity contribution in [2.75, 3.05) is 26.4 Å². The number of esters is 1. The molecule has 0 radical (unpaired) electrons. The maximum Gasteiger partial charge on any atom is 0.573 e. The third-order valence-corrected chi connectivity index (χ3v) is 4.93. The zero-order valence-electron chi connectivity index (χ0n) is 18.7. The molecule has 0 bridgehead atoms. The second-order valence-electron chi connectivity index (χ2n) is 8.11. The van der Waals surface area contributed by atoms with Crippen LogP contribution in [0.1, 0.15) is 43.0 Å². The molecule has 0 aliphatic carbocycles. The number of hydrogen-bond donors (Lipinski definition) is 0. The van der Waals surface area contributed by atoms with Crippen LogP contribution in [0.25, 0.3) is 0 Å². The minimum absolute atomic E-state index is 0.0707. The first-order valence-electron chi connectivity index (χ1n) is 10.9. The minimum Gasteiger partial charge on any atom is -0.494 e. The smallest absolute Gasteiger partial charge is 0.494 e. The molecule has 0 N–H and O–H groups in total. The summed E-state index contributed by atoms with van der Waals surface area (Å²) in [7, 11) is 0. The van der Waals surface area contributed by atoms with Crippen LogP contribution in [-0.2, 0) is 9.47 Å². The Kier molecular flexibility index (Phi) is 8.73. The summed E-state index contributed by atoms with van der Waals surface area (Å²) < 4.78 is 75.4. The first-order chi connectivity index (χ1) is 16.1. The zero-order valence-corrected chi connectivity index (χ0v) is 18.7. The molecule has 0 saturated carbocycles. The lowest BCUT2D eigenvalue weighted by atomic mass is 10.2. The van der Waals surface area contributed by atoms with Crippen molar-refractivity contribution >= 4 is 5.97 Å². The van der Waals surface area contributed by atoms with Crippen LogP contribution >= 0.6 is 0 Å². The summed E-state index contributed by atoms with van der Waals surface area (Å²) in [6.45, 7) is 4.68. The van der Waals surface area contributed by atoms with Gasteiger partial charge in [-0.05, 0) is 62.6 Å². The second-order valence-corrected chi connectivity index (χ2v) is 8.11. The summed E-state index contributed by atoms with van der Waals surface area (Å²) in [5, 5.41) is 0. The third kappa shape index (κ3) is 8.83. The first kappa shape index (κ1) is 25.8. The van der Waals surface area contributed by atoms with E-state index in [0.717, 1.165) is 51.0 Å². The third-order valence-electron chi connectivity index (χ3n) is 4.93. The predicted molar refractivity (Wildman–Crippen MR) is 114 cm³/mol. The SMILES string of the molecule is CC1(COCCCCCCOc2ccc(C(=O)Oc3ccc(OC(F)(F)F)c(F)c3)cc2)CO1. The van der Waals surface area contributed by atoms with E-state index < -0.39 is 23.9 Å². The zero-order chi connectivity index (χ0) is 24.6. The van der Waals surface area contributed by atoms with Gasteiger partial charge in [0.15, 0.2) is 11.6 Å². The average molecular weight is 486 g/mol. The molecule has 1 aliphatic heterocycles. The monoisotopic (exact) mass is 486 g/mol. The topological polar surface area (TPSA) is 66.5 Å². The van der Waals surface area contributed by atoms with E-state index in [-0.39, 0.29) is 16.9 Å². The van der Waals surface area contributed by atoms with Crippen molar-refractivity contribution in [1.82, 2.24) is 0 Å². The Labute approximate surface area is 194 Å². The molecule has 1 unspecified atom stereocenters. The quantitative estimate of drug-likeness (QED) is 0.119. The van der Waals surface area contributed by atoms with Gasteiger partial charge in [-0.1, -0.05) is 6.42 Å². The van der Waals surface area contributed by atoms with E-state index in [4.69, 9.17) is 18.9 Å². The van der Waals surface area contributed by atoms with Crippen LogP contribution in [0.2, 0.25) is 0 Å². The molecule has 34 heavy (non-hydrogen) atoms. The molecule has 0 spiro atoms. The van der Waals surface area contributed by atoms with Crippen molar-refractivity contribution in [3.63, 3.8) is 0 Å². The molecule has 10 heteroatoms. The van der Waals surface area contributed by atoms with Crippen molar-refractivity contribution in [3.05, 3.63) is 53.8 Å². The standard InChI is InChI=1S/C24H26F4O6/c1-23(16-32-23)15-30-12-4-2-3-5-13-31-18-8-6-17(7-9-18)22(29)33-19-10-11-21(20(25)14-19)34-24(26,27)28/h6-11,14H,2-5,12-13,15-16H2,1H3. The van der Waals surface area contributed by atoms with Gasteiger partial charge in [-0.2, -0.15) is 0 Å². The van der Waals surface area contributed by atoms with Gasteiger partial charge in [0.2, 0.25) is 0 Å². The first-order valence-corrected chi connectivity index (χ1v) is 10.9. The highest BCUT2D eigenvalue weighted by Crippen LogP contribution is 2.29. The van der Waals surface area contributed by atoms with Gasteiger partial charge in [-0.25, -0.2) is 9.18 Å². The van der Waals surface area contributed by atoms with Gasteiger partial charge < -0.3 is 23.7 Å². The van der Waals surface area contributed by atoms with Gasteiger partial charge in [0.1, 0.15) is 17.1 Å². The molecule has 2 aromatic carbocycles. The number of unbranched alkanes of at least 4 members (excludes halogenated alkanes) is 3. The highest BCUT2D eigenvalue weighted by Gasteiger charge is 2.39. The van der Waals surface area contributed by atoms with Gasteiger partial charge in [0.25, 0.3) is 0 Å². The lowest BCUT2D eigenvalue weighted by Gasteiger charge is -2.11. The summed E-state index contributed by atoms with van der Waals surface area (Å²) in [6, 6.07) is 8.56. The summed E-state index contributed by atoms with van der Waals surface area (Å²) in [5.74, 6) is -2.78. The van der Waals surface area contributed by atoms with Crippen LogP contribution in [0.3, 0.4) is 0 Å². The van der Waals surface area contributed by atoms with Gasteiger partial charge in [0.05, 0.1) is 25.4 Å². The number of halogens is 4. The number of hydrogen-bond acceptors (Lipinski definition) is 6. The Morgan fingerprint density at radius 1 is 1.00 bits per heavy atom. The van der Waals surface area contributed by atoms with E-state index in [9.17, 15) is 22.4 Å². The summed E-state index contributed by atoms with van der Waals surface area (Å²) in [5.41, 5.74) is 0.104. The number of alkyl halides is 3. The Bertz CT molecular complexity index is 941. The van der Waals surface area contributed by atoms with E-state index in [0.29, 0.717) is 25.0 Å². The number of carbonyl (C=O) groups excluding carboxylic acids is 1. The molecule has 6 nitrogen and oxygen atoms in total. The van der Waals surface area contributed by atoms with E-state index in [1.54, 1.807) is 12.1 Å². The van der Waals surface area contributed by atoms with Crippen molar-refractivity contribution < 1.29 is 46.0 Å². The fourth-order valence-electron chi connectivity index (χ4n) is 2.95. The van der Waals surface area contributed by atoms with Crippen molar-refractivity contribution in [1.29, 1.82) is 0 Å². The van der Waals surface area contributed by atoms with Crippen molar-refractivity contribution in [3.8, 4) is 17.2 Å². The van der Waals surface area contributed by atoms with E-state index in [1.165, 1.54) is 12.1 Å². The Hall–Kier alpha value is -2.85. The molecule has 1 fully saturated rings. The number of ether oxygens (including phenoxy) is 5. The molecule has 1 heterocycles. The molecule has 2 aromatic rings. The number of epoxide rings is 1. The second kappa shape index (κ2) is 11.5. The molecule has 1 saturated heterocycles. The average Bonchev–Trinajstić information content (AvgIpc) is 3.51. The Morgan fingerprint density at radius 2 is 1.65 bits per heavy atom. The van der Waals surface area contributed by atoms with Crippen molar-refractivity contribution in [2.45, 2.75) is 44.6 Å². The maximum absolute atomic E-state index is 13.7. The van der Waals surface area contributed by atoms with Crippen LogP contribution in [0, 0.1) is 5.82 Å². The molecule has 0 amide bonds. The molecular weight excluding hydrogens is 460 g/mol. The summed E-state index contributed by atoms with van der Waals surface area (Å²) >= 11 is 0. The lowest BCUT2D eigenvalue weighted by Crippen LogP contribution is -2.18.